The van der Waals surface area contributed by atoms with E-state index in [1.165, 1.54) is 0 Å². The van der Waals surface area contributed by atoms with Gasteiger partial charge in [-0.25, -0.2) is 0 Å². The van der Waals surface area contributed by atoms with Crippen LogP contribution in [0.3, 0.4) is 0 Å². The maximum atomic E-state index is 12.0. The molecule has 25 heavy (non-hydrogen) atoms. The van der Waals surface area contributed by atoms with Crippen LogP contribution in [0, 0.1) is 0 Å². The molecule has 2 rings (SSSR count). The third-order valence-electron chi connectivity index (χ3n) is 3.42. The molecule has 0 aliphatic heterocycles. The van der Waals surface area contributed by atoms with Gasteiger partial charge >= 0.3 is 0 Å². The zero-order chi connectivity index (χ0) is 17.9. The van der Waals surface area contributed by atoms with Crippen LogP contribution < -0.4 is 16.0 Å². The summed E-state index contributed by atoms with van der Waals surface area (Å²) in [6.45, 7) is 1.92. The quantitative estimate of drug-likeness (QED) is 0.376. The lowest BCUT2D eigenvalue weighted by atomic mass is 10.2. The molecule has 0 aliphatic rings. The van der Waals surface area contributed by atoms with Crippen molar-refractivity contribution in [1.82, 2.24) is 20.9 Å². The highest BCUT2D eigenvalue weighted by Crippen LogP contribution is 2.10. The number of nitrogens with zero attached hydrogens (tertiary/aromatic N) is 2. The minimum absolute atomic E-state index is 0.0647. The zero-order valence-electron chi connectivity index (χ0n) is 14.1. The average molecular weight is 404 g/mol. The van der Waals surface area contributed by atoms with E-state index in [1.54, 1.807) is 25.4 Å². The second kappa shape index (κ2) is 10.5. The number of carbonyl (C=O) groups is 1. The molecule has 0 radical (unpaired) electrons. The Hall–Kier alpha value is -2.41. The molecule has 3 N–H and O–H groups in total. The van der Waals surface area contributed by atoms with E-state index in [9.17, 15) is 4.79 Å². The Morgan fingerprint density at radius 1 is 1.08 bits per heavy atom. The number of pyridine rings is 1. The van der Waals surface area contributed by atoms with Crippen LogP contribution in [-0.4, -0.2) is 37.0 Å². The minimum Gasteiger partial charge on any atom is -0.356 e. The van der Waals surface area contributed by atoms with Crippen molar-refractivity contribution in [3.63, 3.8) is 0 Å². The Labute approximate surface area is 156 Å². The summed E-state index contributed by atoms with van der Waals surface area (Å²) in [5.41, 5.74) is 1.61. The summed E-state index contributed by atoms with van der Waals surface area (Å²) in [6, 6.07) is 13.1. The van der Waals surface area contributed by atoms with Crippen molar-refractivity contribution < 1.29 is 4.79 Å². The number of guanidine groups is 1. The van der Waals surface area contributed by atoms with Crippen LogP contribution in [0.2, 0.25) is 0 Å². The van der Waals surface area contributed by atoms with E-state index in [0.29, 0.717) is 31.2 Å². The van der Waals surface area contributed by atoms with E-state index in [0.717, 1.165) is 16.6 Å². The minimum atomic E-state index is -0.0647. The summed E-state index contributed by atoms with van der Waals surface area (Å²) in [4.78, 5) is 20.4. The molecule has 1 aromatic carbocycles. The van der Waals surface area contributed by atoms with Gasteiger partial charge in [-0.15, -0.1) is 0 Å². The SMILES string of the molecule is CN=C(NCCCNC(=O)c1ccc(Br)cc1)NCc1ccccn1. The maximum absolute atomic E-state index is 12.0. The lowest BCUT2D eigenvalue weighted by Gasteiger charge is -2.12. The van der Waals surface area contributed by atoms with Crippen LogP contribution in [-0.2, 0) is 6.54 Å². The van der Waals surface area contributed by atoms with E-state index >= 15 is 0 Å². The van der Waals surface area contributed by atoms with Crippen molar-refractivity contribution in [2.45, 2.75) is 13.0 Å². The molecule has 1 amide bonds. The van der Waals surface area contributed by atoms with E-state index in [2.05, 4.69) is 41.9 Å². The first kappa shape index (κ1) is 18.9. The number of hydrogen-bond donors (Lipinski definition) is 3. The number of aromatic nitrogens is 1. The highest BCUT2D eigenvalue weighted by Gasteiger charge is 2.04. The Kier molecular flexibility index (Phi) is 7.91. The number of hydrogen-bond acceptors (Lipinski definition) is 3. The van der Waals surface area contributed by atoms with Gasteiger partial charge in [0.1, 0.15) is 0 Å². The van der Waals surface area contributed by atoms with Crippen molar-refractivity contribution in [3.05, 3.63) is 64.4 Å². The number of benzene rings is 1. The van der Waals surface area contributed by atoms with Gasteiger partial charge in [0.15, 0.2) is 5.96 Å². The second-order valence-electron chi connectivity index (χ2n) is 5.29. The van der Waals surface area contributed by atoms with Crippen molar-refractivity contribution in [1.29, 1.82) is 0 Å². The normalized spacial score (nSPS) is 11.0. The topological polar surface area (TPSA) is 78.4 Å². The van der Waals surface area contributed by atoms with Crippen LogP contribution in [0.1, 0.15) is 22.5 Å². The van der Waals surface area contributed by atoms with Crippen molar-refractivity contribution in [2.24, 2.45) is 4.99 Å². The van der Waals surface area contributed by atoms with Crippen molar-refractivity contribution >= 4 is 27.8 Å². The molecule has 0 saturated carbocycles. The van der Waals surface area contributed by atoms with Crippen LogP contribution in [0.15, 0.2) is 58.1 Å². The molecule has 1 heterocycles. The van der Waals surface area contributed by atoms with Gasteiger partial charge in [0.2, 0.25) is 0 Å². The second-order valence-corrected chi connectivity index (χ2v) is 6.21. The van der Waals surface area contributed by atoms with Gasteiger partial charge in [-0.2, -0.15) is 0 Å². The summed E-state index contributed by atoms with van der Waals surface area (Å²) in [5.74, 6) is 0.648. The molecular weight excluding hydrogens is 382 g/mol. The first-order valence-electron chi connectivity index (χ1n) is 8.07. The molecule has 0 unspecified atom stereocenters. The number of rotatable bonds is 7. The van der Waals surface area contributed by atoms with E-state index in [-0.39, 0.29) is 5.91 Å². The third kappa shape index (κ3) is 6.93. The molecule has 1 aromatic heterocycles. The van der Waals surface area contributed by atoms with Gasteiger partial charge in [-0.3, -0.25) is 14.8 Å². The highest BCUT2D eigenvalue weighted by atomic mass is 79.9. The molecule has 0 spiro atoms. The predicted octanol–water partition coefficient (Wildman–Crippen LogP) is 2.33. The highest BCUT2D eigenvalue weighted by molar-refractivity contribution is 9.10. The van der Waals surface area contributed by atoms with E-state index in [4.69, 9.17) is 0 Å². The number of carbonyl (C=O) groups excluding carboxylic acids is 1. The van der Waals surface area contributed by atoms with Gasteiger partial charge in [-0.1, -0.05) is 22.0 Å². The Bertz CT molecular complexity index is 688. The molecule has 7 heteroatoms. The van der Waals surface area contributed by atoms with Crippen LogP contribution >= 0.6 is 15.9 Å². The Morgan fingerprint density at radius 2 is 1.84 bits per heavy atom. The molecule has 0 atom stereocenters. The van der Waals surface area contributed by atoms with Crippen LogP contribution in [0.25, 0.3) is 0 Å². The monoisotopic (exact) mass is 403 g/mol. The number of nitrogens with one attached hydrogen (secondary N) is 3. The third-order valence-corrected chi connectivity index (χ3v) is 3.95. The molecule has 0 aliphatic carbocycles. The molecule has 6 nitrogen and oxygen atoms in total. The summed E-state index contributed by atoms with van der Waals surface area (Å²) < 4.78 is 0.956. The molecule has 2 aromatic rings. The lowest BCUT2D eigenvalue weighted by molar-refractivity contribution is 0.0953. The molecule has 0 fully saturated rings. The van der Waals surface area contributed by atoms with Gasteiger partial charge in [-0.05, 0) is 42.8 Å². The fourth-order valence-electron chi connectivity index (χ4n) is 2.10. The first-order valence-corrected chi connectivity index (χ1v) is 8.86. The van der Waals surface area contributed by atoms with Gasteiger partial charge in [0, 0.05) is 36.4 Å². The molecular formula is C18H22BrN5O. The van der Waals surface area contributed by atoms with Crippen LogP contribution in [0.4, 0.5) is 0 Å². The standard InChI is InChI=1S/C18H22BrN5O/c1-20-18(24-13-16-5-2-3-10-21-16)23-12-4-11-22-17(25)14-6-8-15(19)9-7-14/h2-3,5-10H,4,11-13H2,1H3,(H,22,25)(H2,20,23,24). The molecule has 0 bridgehead atoms. The number of amides is 1. The maximum Gasteiger partial charge on any atom is 0.251 e. The summed E-state index contributed by atoms with van der Waals surface area (Å²) in [7, 11) is 1.73. The average Bonchev–Trinajstić information content (AvgIpc) is 2.65. The predicted molar refractivity (Wildman–Crippen MR) is 104 cm³/mol. The fourth-order valence-corrected chi connectivity index (χ4v) is 2.36. The molecule has 0 saturated heterocycles. The number of halogens is 1. The van der Waals surface area contributed by atoms with Gasteiger partial charge in [0.05, 0.1) is 12.2 Å². The van der Waals surface area contributed by atoms with E-state index in [1.807, 2.05) is 30.3 Å². The van der Waals surface area contributed by atoms with Crippen molar-refractivity contribution in [3.8, 4) is 0 Å². The zero-order valence-corrected chi connectivity index (χ0v) is 15.7. The van der Waals surface area contributed by atoms with Crippen LogP contribution in [0.5, 0.6) is 0 Å². The summed E-state index contributed by atoms with van der Waals surface area (Å²) in [5, 5.41) is 9.32. The summed E-state index contributed by atoms with van der Waals surface area (Å²) in [6.07, 6.45) is 2.56. The van der Waals surface area contributed by atoms with E-state index < -0.39 is 0 Å². The largest absolute Gasteiger partial charge is 0.356 e. The first-order chi connectivity index (χ1) is 12.2. The van der Waals surface area contributed by atoms with Gasteiger partial charge < -0.3 is 16.0 Å². The number of aliphatic imine (C=N–C) groups is 1. The Morgan fingerprint density at radius 3 is 2.52 bits per heavy atom. The fraction of sp³-hybridized carbons (Fsp3) is 0.278. The smallest absolute Gasteiger partial charge is 0.251 e. The lowest BCUT2D eigenvalue weighted by Crippen LogP contribution is -2.38. The summed E-state index contributed by atoms with van der Waals surface area (Å²) >= 11 is 3.35. The van der Waals surface area contributed by atoms with Crippen molar-refractivity contribution in [2.75, 3.05) is 20.1 Å². The Balaban J connectivity index is 1.62. The van der Waals surface area contributed by atoms with Gasteiger partial charge in [0.25, 0.3) is 5.91 Å². The molecule has 132 valence electrons.